The number of ether oxygens (including phenoxy) is 1. The summed E-state index contributed by atoms with van der Waals surface area (Å²) in [6.07, 6.45) is 2.64. The summed E-state index contributed by atoms with van der Waals surface area (Å²) in [7, 11) is 0. The highest BCUT2D eigenvalue weighted by Crippen LogP contribution is 2.26. The Morgan fingerprint density at radius 3 is 2.30 bits per heavy atom. The monoisotopic (exact) mass is 285 g/mol. The summed E-state index contributed by atoms with van der Waals surface area (Å²) < 4.78 is 5.11. The van der Waals surface area contributed by atoms with Crippen LogP contribution in [0.25, 0.3) is 0 Å². The Morgan fingerprint density at radius 2 is 1.90 bits per heavy atom. The van der Waals surface area contributed by atoms with Gasteiger partial charge < -0.3 is 15.2 Å². The molecule has 0 heterocycles. The van der Waals surface area contributed by atoms with E-state index in [-0.39, 0.29) is 24.7 Å². The number of carboxylic acids is 1. The van der Waals surface area contributed by atoms with Crippen molar-refractivity contribution in [1.82, 2.24) is 5.32 Å². The second-order valence-corrected chi connectivity index (χ2v) is 6.15. The Labute approximate surface area is 118 Å². The number of rotatable bonds is 6. The van der Waals surface area contributed by atoms with Crippen LogP contribution in [-0.4, -0.2) is 34.6 Å². The quantitative estimate of drug-likeness (QED) is 0.721. The van der Waals surface area contributed by atoms with Crippen LogP contribution in [0.3, 0.4) is 0 Å². The molecule has 6 heteroatoms. The van der Waals surface area contributed by atoms with Crippen LogP contribution < -0.4 is 5.32 Å². The number of hydrogen-bond donors (Lipinski definition) is 2. The number of hydrogen-bond acceptors (Lipinski definition) is 4. The Morgan fingerprint density at radius 1 is 1.30 bits per heavy atom. The van der Waals surface area contributed by atoms with Crippen molar-refractivity contribution in [3.05, 3.63) is 0 Å². The lowest BCUT2D eigenvalue weighted by atomic mass is 9.84. The topological polar surface area (TPSA) is 92.7 Å². The standard InChI is InChI=1S/C14H23NO5/c1-14(2,3)20-11(16)8-7-10(13(18)19)15-12(17)9-5-4-6-9/h9-10H,4-8H2,1-3H3,(H,15,17)(H,18,19)/t10-/m1/s1. The Bertz CT molecular complexity index is 382. The van der Waals surface area contributed by atoms with Gasteiger partial charge in [0.25, 0.3) is 0 Å². The van der Waals surface area contributed by atoms with E-state index in [0.29, 0.717) is 0 Å². The predicted octanol–water partition coefficient (Wildman–Crippen LogP) is 1.48. The SMILES string of the molecule is CC(C)(C)OC(=O)CC[C@@H](NC(=O)C1CCC1)C(=O)O. The number of nitrogens with one attached hydrogen (secondary N) is 1. The highest BCUT2D eigenvalue weighted by atomic mass is 16.6. The van der Waals surface area contributed by atoms with Gasteiger partial charge in [0.05, 0.1) is 0 Å². The zero-order chi connectivity index (χ0) is 15.3. The fraction of sp³-hybridized carbons (Fsp3) is 0.786. The molecule has 1 aliphatic carbocycles. The van der Waals surface area contributed by atoms with Gasteiger partial charge in [0.15, 0.2) is 0 Å². The molecule has 0 bridgehead atoms. The van der Waals surface area contributed by atoms with E-state index in [9.17, 15) is 14.4 Å². The molecule has 1 aliphatic rings. The van der Waals surface area contributed by atoms with Gasteiger partial charge in [0.2, 0.25) is 5.91 Å². The Kier molecular flexibility index (Phi) is 5.53. The van der Waals surface area contributed by atoms with Crippen LogP contribution in [0.1, 0.15) is 52.9 Å². The van der Waals surface area contributed by atoms with Gasteiger partial charge in [-0.05, 0) is 40.0 Å². The molecule has 1 fully saturated rings. The molecule has 1 amide bonds. The van der Waals surface area contributed by atoms with Gasteiger partial charge >= 0.3 is 11.9 Å². The molecule has 0 radical (unpaired) electrons. The van der Waals surface area contributed by atoms with Crippen molar-refractivity contribution in [3.8, 4) is 0 Å². The van der Waals surface area contributed by atoms with Crippen LogP contribution in [-0.2, 0) is 19.1 Å². The highest BCUT2D eigenvalue weighted by molar-refractivity contribution is 5.85. The maximum atomic E-state index is 11.7. The maximum Gasteiger partial charge on any atom is 0.326 e. The largest absolute Gasteiger partial charge is 0.480 e. The van der Waals surface area contributed by atoms with Crippen LogP contribution in [0.15, 0.2) is 0 Å². The lowest BCUT2D eigenvalue weighted by Gasteiger charge is -2.26. The molecule has 0 unspecified atom stereocenters. The van der Waals surface area contributed by atoms with Crippen molar-refractivity contribution < 1.29 is 24.2 Å². The zero-order valence-electron chi connectivity index (χ0n) is 12.3. The number of amides is 1. The third kappa shape index (κ3) is 5.59. The molecular weight excluding hydrogens is 262 g/mol. The summed E-state index contributed by atoms with van der Waals surface area (Å²) in [6.45, 7) is 5.24. The number of carbonyl (C=O) groups excluding carboxylic acids is 2. The first kappa shape index (κ1) is 16.5. The first-order chi connectivity index (χ1) is 9.19. The van der Waals surface area contributed by atoms with Gasteiger partial charge in [-0.3, -0.25) is 9.59 Å². The second kappa shape index (κ2) is 6.72. The summed E-state index contributed by atoms with van der Waals surface area (Å²) in [6, 6.07) is -1.03. The second-order valence-electron chi connectivity index (χ2n) is 6.15. The van der Waals surface area contributed by atoms with Gasteiger partial charge in [-0.2, -0.15) is 0 Å². The van der Waals surface area contributed by atoms with Crippen LogP contribution in [0, 0.1) is 5.92 Å². The molecule has 0 saturated heterocycles. The number of aliphatic carboxylic acids is 1. The van der Waals surface area contributed by atoms with E-state index in [4.69, 9.17) is 9.84 Å². The number of carbonyl (C=O) groups is 3. The molecule has 0 spiro atoms. The molecule has 1 saturated carbocycles. The summed E-state index contributed by atoms with van der Waals surface area (Å²) >= 11 is 0. The molecule has 114 valence electrons. The molecule has 0 aromatic rings. The molecule has 20 heavy (non-hydrogen) atoms. The van der Waals surface area contributed by atoms with E-state index in [1.165, 1.54) is 0 Å². The Hall–Kier alpha value is -1.59. The third-order valence-corrected chi connectivity index (χ3v) is 3.15. The van der Waals surface area contributed by atoms with Crippen molar-refractivity contribution >= 4 is 17.8 Å². The van der Waals surface area contributed by atoms with Gasteiger partial charge in [-0.25, -0.2) is 4.79 Å². The summed E-state index contributed by atoms with van der Waals surface area (Å²) in [4.78, 5) is 34.4. The summed E-state index contributed by atoms with van der Waals surface area (Å²) in [5, 5.41) is 11.6. The minimum Gasteiger partial charge on any atom is -0.480 e. The lowest BCUT2D eigenvalue weighted by molar-refractivity contribution is -0.155. The van der Waals surface area contributed by atoms with Gasteiger partial charge in [0.1, 0.15) is 11.6 Å². The highest BCUT2D eigenvalue weighted by Gasteiger charge is 2.29. The minimum atomic E-state index is -1.12. The number of carboxylic acid groups (broad SMARTS) is 1. The molecule has 0 aromatic carbocycles. The van der Waals surface area contributed by atoms with E-state index in [1.807, 2.05) is 0 Å². The number of esters is 1. The molecule has 2 N–H and O–H groups in total. The lowest BCUT2D eigenvalue weighted by Crippen LogP contribution is -2.45. The van der Waals surface area contributed by atoms with Gasteiger partial charge in [0, 0.05) is 12.3 Å². The van der Waals surface area contributed by atoms with E-state index >= 15 is 0 Å². The van der Waals surface area contributed by atoms with E-state index < -0.39 is 23.6 Å². The Balaban J connectivity index is 2.41. The van der Waals surface area contributed by atoms with Crippen LogP contribution >= 0.6 is 0 Å². The predicted molar refractivity (Wildman–Crippen MR) is 72.0 cm³/mol. The zero-order valence-corrected chi connectivity index (χ0v) is 12.3. The smallest absolute Gasteiger partial charge is 0.326 e. The van der Waals surface area contributed by atoms with Crippen molar-refractivity contribution in [3.63, 3.8) is 0 Å². The van der Waals surface area contributed by atoms with Crippen LogP contribution in [0.2, 0.25) is 0 Å². The average Bonchev–Trinajstić information content (AvgIpc) is 2.18. The fourth-order valence-corrected chi connectivity index (χ4v) is 1.87. The normalized spacial score (nSPS) is 16.9. The van der Waals surface area contributed by atoms with Crippen molar-refractivity contribution in [2.24, 2.45) is 5.92 Å². The van der Waals surface area contributed by atoms with Gasteiger partial charge in [-0.1, -0.05) is 6.42 Å². The first-order valence-corrected chi connectivity index (χ1v) is 6.94. The summed E-state index contributed by atoms with van der Waals surface area (Å²) in [5.41, 5.74) is -0.592. The van der Waals surface area contributed by atoms with Crippen molar-refractivity contribution in [2.75, 3.05) is 0 Å². The van der Waals surface area contributed by atoms with Crippen LogP contribution in [0.4, 0.5) is 0 Å². The first-order valence-electron chi connectivity index (χ1n) is 6.94. The molecule has 1 atom stereocenters. The molecule has 6 nitrogen and oxygen atoms in total. The maximum absolute atomic E-state index is 11.7. The molecule has 0 aromatic heterocycles. The minimum absolute atomic E-state index is 0.0286. The molecular formula is C14H23NO5. The third-order valence-electron chi connectivity index (χ3n) is 3.15. The van der Waals surface area contributed by atoms with Crippen molar-refractivity contribution in [1.29, 1.82) is 0 Å². The van der Waals surface area contributed by atoms with E-state index in [0.717, 1.165) is 19.3 Å². The van der Waals surface area contributed by atoms with E-state index in [1.54, 1.807) is 20.8 Å². The summed E-state index contributed by atoms with van der Waals surface area (Å²) in [5.74, 6) is -1.88. The van der Waals surface area contributed by atoms with Crippen molar-refractivity contribution in [2.45, 2.75) is 64.5 Å². The molecule has 0 aliphatic heterocycles. The van der Waals surface area contributed by atoms with Gasteiger partial charge in [-0.15, -0.1) is 0 Å². The average molecular weight is 285 g/mol. The van der Waals surface area contributed by atoms with Crippen LogP contribution in [0.5, 0.6) is 0 Å². The van der Waals surface area contributed by atoms with E-state index in [2.05, 4.69) is 5.32 Å². The molecule has 1 rings (SSSR count). The fourth-order valence-electron chi connectivity index (χ4n) is 1.87.